The molecule has 8 nitrogen and oxygen atoms in total. The van der Waals surface area contributed by atoms with Crippen LogP contribution in [0.1, 0.15) is 31.0 Å². The van der Waals surface area contributed by atoms with Crippen LogP contribution in [0.4, 0.5) is 0 Å². The maximum Gasteiger partial charge on any atom is 0.338 e. The van der Waals surface area contributed by atoms with E-state index >= 15 is 0 Å². The Morgan fingerprint density at radius 3 is 2.51 bits per heavy atom. The topological polar surface area (TPSA) is 88.4 Å². The van der Waals surface area contributed by atoms with E-state index in [2.05, 4.69) is 11.6 Å². The Morgan fingerprint density at radius 2 is 1.86 bits per heavy atom. The number of hydrogen-bond donors (Lipinski definition) is 0. The fourth-order valence-electron chi connectivity index (χ4n) is 4.10. The zero-order valence-corrected chi connectivity index (χ0v) is 22.0. The molecule has 2 aromatic carbocycles. The number of ether oxygens (including phenoxy) is 4. The number of nitrogens with zero attached hydrogens (tertiary/aromatic N) is 2. The molecule has 0 N–H and O–H groups in total. The zero-order chi connectivity index (χ0) is 26.5. The number of fused-ring (bicyclic) bond motifs is 1. The first kappa shape index (κ1) is 26.0. The van der Waals surface area contributed by atoms with Crippen LogP contribution in [0, 0.1) is 0 Å². The Kier molecular flexibility index (Phi) is 7.93. The van der Waals surface area contributed by atoms with E-state index in [0.29, 0.717) is 50.0 Å². The van der Waals surface area contributed by atoms with E-state index in [9.17, 15) is 9.59 Å². The van der Waals surface area contributed by atoms with Gasteiger partial charge in [0.05, 0.1) is 42.7 Å². The second-order valence-corrected chi connectivity index (χ2v) is 9.09. The van der Waals surface area contributed by atoms with Gasteiger partial charge in [-0.05, 0) is 55.8 Å². The Balaban J connectivity index is 1.91. The molecular weight excluding hydrogens is 492 g/mol. The quantitative estimate of drug-likeness (QED) is 0.318. The molecule has 9 heteroatoms. The Labute approximate surface area is 218 Å². The van der Waals surface area contributed by atoms with Crippen LogP contribution in [0.2, 0.25) is 0 Å². The zero-order valence-electron chi connectivity index (χ0n) is 21.1. The van der Waals surface area contributed by atoms with E-state index in [1.54, 1.807) is 75.1 Å². The molecule has 1 aliphatic rings. The predicted molar refractivity (Wildman–Crippen MR) is 142 cm³/mol. The maximum absolute atomic E-state index is 13.8. The van der Waals surface area contributed by atoms with Crippen molar-refractivity contribution in [2.24, 2.45) is 4.99 Å². The number of esters is 1. The van der Waals surface area contributed by atoms with Crippen molar-refractivity contribution in [2.75, 3.05) is 27.4 Å². The third-order valence-corrected chi connectivity index (χ3v) is 6.79. The van der Waals surface area contributed by atoms with E-state index in [4.69, 9.17) is 18.9 Å². The van der Waals surface area contributed by atoms with Crippen LogP contribution in [0.3, 0.4) is 0 Å². The highest BCUT2D eigenvalue weighted by molar-refractivity contribution is 7.07. The standard InChI is InChI=1S/C28H28N2O6S/c1-6-14-36-20-10-8-18(9-11-20)25-24(27(32)35-7-2)17(3)29-28-30(25)26(31)23(37-28)16-19-15-21(33-4)12-13-22(19)34-5/h6,8-13,15-16,25H,1,7,14H2,2-5H3/b23-16-/t25-/m0/s1. The lowest BCUT2D eigenvalue weighted by Crippen LogP contribution is -2.39. The number of carbonyl (C=O) groups excluding carboxylic acids is 1. The SMILES string of the molecule is C=CCOc1ccc([C@H]2C(C(=O)OCC)=C(C)N=c3s/c(=C\c4cc(OC)ccc4OC)c(=O)n32)cc1. The highest BCUT2D eigenvalue weighted by Gasteiger charge is 2.33. The van der Waals surface area contributed by atoms with Crippen molar-refractivity contribution in [2.45, 2.75) is 19.9 Å². The summed E-state index contributed by atoms with van der Waals surface area (Å²) < 4.78 is 23.8. The molecule has 0 bridgehead atoms. The van der Waals surface area contributed by atoms with Gasteiger partial charge in [-0.15, -0.1) is 0 Å². The lowest BCUT2D eigenvalue weighted by Gasteiger charge is -2.24. The molecule has 0 saturated carbocycles. The smallest absolute Gasteiger partial charge is 0.338 e. The Bertz CT molecular complexity index is 1530. The van der Waals surface area contributed by atoms with Crippen molar-refractivity contribution < 1.29 is 23.7 Å². The molecule has 37 heavy (non-hydrogen) atoms. The fourth-order valence-corrected chi connectivity index (χ4v) is 5.14. The molecule has 192 valence electrons. The Hall–Kier alpha value is -4.11. The average molecular weight is 521 g/mol. The van der Waals surface area contributed by atoms with Crippen LogP contribution in [-0.2, 0) is 9.53 Å². The first-order valence-corrected chi connectivity index (χ1v) is 12.5. The molecule has 0 unspecified atom stereocenters. The number of benzene rings is 2. The van der Waals surface area contributed by atoms with Gasteiger partial charge in [-0.2, -0.15) is 0 Å². The summed E-state index contributed by atoms with van der Waals surface area (Å²) in [6, 6.07) is 11.9. The van der Waals surface area contributed by atoms with E-state index < -0.39 is 12.0 Å². The number of rotatable bonds is 9. The summed E-state index contributed by atoms with van der Waals surface area (Å²) >= 11 is 1.24. The normalized spacial score (nSPS) is 15.0. The predicted octanol–water partition coefficient (Wildman–Crippen LogP) is 3.38. The van der Waals surface area contributed by atoms with Crippen LogP contribution >= 0.6 is 11.3 Å². The molecule has 0 aliphatic carbocycles. The number of allylic oxidation sites excluding steroid dienone is 1. The summed E-state index contributed by atoms with van der Waals surface area (Å²) in [6.07, 6.45) is 3.41. The molecule has 0 radical (unpaired) electrons. The maximum atomic E-state index is 13.8. The summed E-state index contributed by atoms with van der Waals surface area (Å²) in [6.45, 7) is 7.73. The summed E-state index contributed by atoms with van der Waals surface area (Å²) in [5, 5.41) is 0. The largest absolute Gasteiger partial charge is 0.497 e. The van der Waals surface area contributed by atoms with Gasteiger partial charge in [-0.1, -0.05) is 36.1 Å². The Morgan fingerprint density at radius 1 is 1.14 bits per heavy atom. The van der Waals surface area contributed by atoms with Gasteiger partial charge in [0.1, 0.15) is 23.9 Å². The minimum atomic E-state index is -0.710. The molecule has 0 saturated heterocycles. The van der Waals surface area contributed by atoms with Crippen LogP contribution in [0.15, 0.2) is 76.2 Å². The minimum absolute atomic E-state index is 0.205. The summed E-state index contributed by atoms with van der Waals surface area (Å²) in [5.41, 5.74) is 1.96. The number of carbonyl (C=O) groups is 1. The minimum Gasteiger partial charge on any atom is -0.497 e. The second kappa shape index (κ2) is 11.3. The first-order chi connectivity index (χ1) is 17.9. The van der Waals surface area contributed by atoms with Crippen molar-refractivity contribution >= 4 is 23.4 Å². The molecule has 1 atom stereocenters. The van der Waals surface area contributed by atoms with Gasteiger partial charge < -0.3 is 18.9 Å². The molecule has 0 fully saturated rings. The summed E-state index contributed by atoms with van der Waals surface area (Å²) in [4.78, 5) is 31.9. The number of hydrogen-bond acceptors (Lipinski definition) is 8. The lowest BCUT2D eigenvalue weighted by molar-refractivity contribution is -0.139. The molecule has 1 aromatic heterocycles. The van der Waals surface area contributed by atoms with Gasteiger partial charge in [-0.3, -0.25) is 9.36 Å². The number of methoxy groups -OCH3 is 2. The lowest BCUT2D eigenvalue weighted by atomic mass is 9.96. The van der Waals surface area contributed by atoms with Gasteiger partial charge in [0.25, 0.3) is 5.56 Å². The van der Waals surface area contributed by atoms with Crippen molar-refractivity contribution in [1.82, 2.24) is 4.57 Å². The van der Waals surface area contributed by atoms with Crippen LogP contribution in [-0.4, -0.2) is 38.0 Å². The van der Waals surface area contributed by atoms with Crippen LogP contribution in [0.25, 0.3) is 6.08 Å². The number of aromatic nitrogens is 1. The van der Waals surface area contributed by atoms with Gasteiger partial charge in [-0.25, -0.2) is 9.79 Å². The van der Waals surface area contributed by atoms with Crippen molar-refractivity contribution in [3.05, 3.63) is 97.2 Å². The summed E-state index contributed by atoms with van der Waals surface area (Å²) in [5.74, 6) is 1.38. The van der Waals surface area contributed by atoms with Gasteiger partial charge in [0.2, 0.25) is 0 Å². The van der Waals surface area contributed by atoms with Crippen molar-refractivity contribution in [1.29, 1.82) is 0 Å². The summed E-state index contributed by atoms with van der Waals surface area (Å²) in [7, 11) is 3.14. The second-order valence-electron chi connectivity index (χ2n) is 8.08. The van der Waals surface area contributed by atoms with Gasteiger partial charge in [0.15, 0.2) is 4.80 Å². The van der Waals surface area contributed by atoms with E-state index in [0.717, 1.165) is 5.56 Å². The molecule has 1 aliphatic heterocycles. The van der Waals surface area contributed by atoms with E-state index in [1.807, 2.05) is 12.1 Å². The molecule has 4 rings (SSSR count). The third-order valence-electron chi connectivity index (χ3n) is 5.80. The average Bonchev–Trinajstić information content (AvgIpc) is 3.21. The molecule has 0 amide bonds. The van der Waals surface area contributed by atoms with Gasteiger partial charge in [0, 0.05) is 5.56 Å². The first-order valence-electron chi connectivity index (χ1n) is 11.7. The highest BCUT2D eigenvalue weighted by atomic mass is 32.1. The van der Waals surface area contributed by atoms with Crippen molar-refractivity contribution in [3.8, 4) is 17.2 Å². The third kappa shape index (κ3) is 5.22. The molecule has 0 spiro atoms. The number of thiazole rings is 1. The van der Waals surface area contributed by atoms with E-state index in [-0.39, 0.29) is 12.2 Å². The van der Waals surface area contributed by atoms with Crippen LogP contribution in [0.5, 0.6) is 17.2 Å². The molecule has 2 heterocycles. The highest BCUT2D eigenvalue weighted by Crippen LogP contribution is 2.32. The van der Waals surface area contributed by atoms with Gasteiger partial charge >= 0.3 is 5.97 Å². The molecule has 3 aromatic rings. The van der Waals surface area contributed by atoms with Crippen LogP contribution < -0.4 is 29.1 Å². The van der Waals surface area contributed by atoms with E-state index in [1.165, 1.54) is 11.3 Å². The monoisotopic (exact) mass is 520 g/mol. The van der Waals surface area contributed by atoms with Crippen molar-refractivity contribution in [3.63, 3.8) is 0 Å². The fraction of sp³-hybridized carbons (Fsp3) is 0.250. The molecular formula is C28H28N2O6S.